The second-order valence-electron chi connectivity index (χ2n) is 5.59. The molecule has 116 valence electrons. The van der Waals surface area contributed by atoms with E-state index < -0.39 is 0 Å². The van der Waals surface area contributed by atoms with E-state index in [-0.39, 0.29) is 5.91 Å². The molecule has 0 aliphatic carbocycles. The Morgan fingerprint density at radius 3 is 2.90 bits per heavy atom. The monoisotopic (exact) mass is 290 g/mol. The maximum atomic E-state index is 11.9. The Bertz CT molecular complexity index is 489. The number of hydrogen-bond acceptors (Lipinski definition) is 4. The standard InChI is InChI=1S/C16H26N4O/c1-3-18-16(21)13-5-6-14(17)15(9-13)19-10-12-7-8-20(4-2)11-12/h5-6,9,12,19H,3-4,7-8,10-11,17H2,1-2H3,(H,18,21). The lowest BCUT2D eigenvalue weighted by atomic mass is 10.1. The van der Waals surface area contributed by atoms with Crippen molar-refractivity contribution < 1.29 is 4.79 Å². The van der Waals surface area contributed by atoms with E-state index in [0.717, 1.165) is 25.3 Å². The molecule has 1 heterocycles. The van der Waals surface area contributed by atoms with Crippen LogP contribution in [0.25, 0.3) is 0 Å². The quantitative estimate of drug-likeness (QED) is 0.698. The number of likely N-dealkylation sites (tertiary alicyclic amines) is 1. The highest BCUT2D eigenvalue weighted by molar-refractivity contribution is 5.96. The van der Waals surface area contributed by atoms with Crippen LogP contribution in [0.4, 0.5) is 11.4 Å². The number of carbonyl (C=O) groups is 1. The normalized spacial score (nSPS) is 18.7. The fourth-order valence-corrected chi connectivity index (χ4v) is 2.73. The summed E-state index contributed by atoms with van der Waals surface area (Å²) in [4.78, 5) is 14.3. The first-order chi connectivity index (χ1) is 10.1. The average Bonchev–Trinajstić information content (AvgIpc) is 2.94. The van der Waals surface area contributed by atoms with Gasteiger partial charge in [-0.3, -0.25) is 4.79 Å². The molecule has 1 atom stereocenters. The third-order valence-electron chi connectivity index (χ3n) is 4.05. The zero-order chi connectivity index (χ0) is 15.2. The van der Waals surface area contributed by atoms with Crippen LogP contribution in [0.5, 0.6) is 0 Å². The molecule has 1 unspecified atom stereocenters. The number of hydrogen-bond donors (Lipinski definition) is 3. The fourth-order valence-electron chi connectivity index (χ4n) is 2.73. The number of benzene rings is 1. The van der Waals surface area contributed by atoms with Gasteiger partial charge in [-0.1, -0.05) is 6.92 Å². The van der Waals surface area contributed by atoms with Gasteiger partial charge in [-0.25, -0.2) is 0 Å². The number of nitrogens with two attached hydrogens (primary N) is 1. The molecule has 4 N–H and O–H groups in total. The highest BCUT2D eigenvalue weighted by Gasteiger charge is 2.21. The van der Waals surface area contributed by atoms with Crippen molar-refractivity contribution in [2.75, 3.05) is 43.8 Å². The third kappa shape index (κ3) is 4.11. The van der Waals surface area contributed by atoms with Gasteiger partial charge in [0.25, 0.3) is 5.91 Å². The van der Waals surface area contributed by atoms with Crippen LogP contribution in [0.2, 0.25) is 0 Å². The predicted octanol–water partition coefficient (Wildman–Crippen LogP) is 1.77. The van der Waals surface area contributed by atoms with Gasteiger partial charge in [-0.2, -0.15) is 0 Å². The number of amides is 1. The van der Waals surface area contributed by atoms with Gasteiger partial charge in [0, 0.05) is 25.2 Å². The van der Waals surface area contributed by atoms with E-state index in [1.165, 1.54) is 13.0 Å². The summed E-state index contributed by atoms with van der Waals surface area (Å²) in [7, 11) is 0. The summed E-state index contributed by atoms with van der Waals surface area (Å²) in [5, 5.41) is 6.21. The zero-order valence-corrected chi connectivity index (χ0v) is 13.0. The van der Waals surface area contributed by atoms with Crippen LogP contribution in [0.3, 0.4) is 0 Å². The second kappa shape index (κ2) is 7.31. The molecule has 1 aliphatic heterocycles. The van der Waals surface area contributed by atoms with Gasteiger partial charge in [0.15, 0.2) is 0 Å². The van der Waals surface area contributed by atoms with Crippen molar-refractivity contribution in [2.24, 2.45) is 5.92 Å². The lowest BCUT2D eigenvalue weighted by Crippen LogP contribution is -2.24. The molecular formula is C16H26N4O. The first-order valence-corrected chi connectivity index (χ1v) is 7.78. The molecule has 0 aromatic heterocycles. The van der Waals surface area contributed by atoms with Crippen molar-refractivity contribution in [2.45, 2.75) is 20.3 Å². The van der Waals surface area contributed by atoms with E-state index in [4.69, 9.17) is 5.73 Å². The van der Waals surface area contributed by atoms with Gasteiger partial charge < -0.3 is 21.3 Å². The molecule has 5 nitrogen and oxygen atoms in total. The average molecular weight is 290 g/mol. The summed E-state index contributed by atoms with van der Waals surface area (Å²) in [6, 6.07) is 5.40. The summed E-state index contributed by atoms with van der Waals surface area (Å²) in [5.74, 6) is 0.594. The van der Waals surface area contributed by atoms with E-state index in [0.29, 0.717) is 23.7 Å². The minimum absolute atomic E-state index is 0.0569. The third-order valence-corrected chi connectivity index (χ3v) is 4.05. The Kier molecular flexibility index (Phi) is 5.44. The summed E-state index contributed by atoms with van der Waals surface area (Å²) in [6.45, 7) is 9.07. The highest BCUT2D eigenvalue weighted by Crippen LogP contribution is 2.22. The maximum absolute atomic E-state index is 11.9. The van der Waals surface area contributed by atoms with Gasteiger partial charge in [-0.15, -0.1) is 0 Å². The fraction of sp³-hybridized carbons (Fsp3) is 0.562. The topological polar surface area (TPSA) is 70.4 Å². The molecule has 0 saturated carbocycles. The van der Waals surface area contributed by atoms with E-state index in [2.05, 4.69) is 22.5 Å². The van der Waals surface area contributed by atoms with Crippen LogP contribution >= 0.6 is 0 Å². The molecule has 2 rings (SSSR count). The predicted molar refractivity (Wildman–Crippen MR) is 87.6 cm³/mol. The van der Waals surface area contributed by atoms with Gasteiger partial charge in [0.1, 0.15) is 0 Å². The first-order valence-electron chi connectivity index (χ1n) is 7.78. The van der Waals surface area contributed by atoms with Gasteiger partial charge in [0.2, 0.25) is 0 Å². The number of anilines is 2. The van der Waals surface area contributed by atoms with Crippen molar-refractivity contribution in [3.05, 3.63) is 23.8 Å². The SMILES string of the molecule is CCNC(=O)c1ccc(N)c(NCC2CCN(CC)C2)c1. The molecule has 1 amide bonds. The number of nitrogens with one attached hydrogen (secondary N) is 2. The summed E-state index contributed by atoms with van der Waals surface area (Å²) in [5.41, 5.74) is 8.19. The number of carbonyl (C=O) groups excluding carboxylic acids is 1. The molecular weight excluding hydrogens is 264 g/mol. The molecule has 1 saturated heterocycles. The molecule has 1 fully saturated rings. The molecule has 21 heavy (non-hydrogen) atoms. The zero-order valence-electron chi connectivity index (χ0n) is 13.0. The molecule has 0 spiro atoms. The van der Waals surface area contributed by atoms with Crippen LogP contribution in [0.15, 0.2) is 18.2 Å². The molecule has 1 aliphatic rings. The first kappa shape index (κ1) is 15.6. The maximum Gasteiger partial charge on any atom is 0.251 e. The number of nitrogens with zero attached hydrogens (tertiary/aromatic N) is 1. The van der Waals surface area contributed by atoms with E-state index in [1.807, 2.05) is 13.0 Å². The largest absolute Gasteiger partial charge is 0.397 e. The Morgan fingerprint density at radius 1 is 1.43 bits per heavy atom. The van der Waals surface area contributed by atoms with Gasteiger partial charge >= 0.3 is 0 Å². The van der Waals surface area contributed by atoms with Crippen LogP contribution in [-0.4, -0.2) is 43.5 Å². The smallest absolute Gasteiger partial charge is 0.251 e. The van der Waals surface area contributed by atoms with Crippen molar-refractivity contribution in [1.82, 2.24) is 10.2 Å². The lowest BCUT2D eigenvalue weighted by Gasteiger charge is -2.16. The Hall–Kier alpha value is -1.75. The van der Waals surface area contributed by atoms with E-state index >= 15 is 0 Å². The van der Waals surface area contributed by atoms with Crippen LogP contribution < -0.4 is 16.4 Å². The van der Waals surface area contributed by atoms with Crippen LogP contribution in [-0.2, 0) is 0 Å². The van der Waals surface area contributed by atoms with Crippen molar-refractivity contribution in [3.8, 4) is 0 Å². The summed E-state index contributed by atoms with van der Waals surface area (Å²) in [6.07, 6.45) is 1.22. The van der Waals surface area contributed by atoms with E-state index in [9.17, 15) is 4.79 Å². The van der Waals surface area contributed by atoms with Crippen molar-refractivity contribution >= 4 is 17.3 Å². The second-order valence-corrected chi connectivity index (χ2v) is 5.59. The van der Waals surface area contributed by atoms with Crippen molar-refractivity contribution in [1.29, 1.82) is 0 Å². The van der Waals surface area contributed by atoms with Crippen molar-refractivity contribution in [3.63, 3.8) is 0 Å². The molecule has 5 heteroatoms. The minimum atomic E-state index is -0.0569. The number of nitrogen functional groups attached to an aromatic ring is 1. The molecule has 1 aromatic carbocycles. The van der Waals surface area contributed by atoms with E-state index in [1.54, 1.807) is 12.1 Å². The highest BCUT2D eigenvalue weighted by atomic mass is 16.1. The molecule has 1 aromatic rings. The summed E-state index contributed by atoms with van der Waals surface area (Å²) < 4.78 is 0. The van der Waals surface area contributed by atoms with Crippen LogP contribution in [0.1, 0.15) is 30.6 Å². The molecule has 0 bridgehead atoms. The Morgan fingerprint density at radius 2 is 2.24 bits per heavy atom. The minimum Gasteiger partial charge on any atom is -0.397 e. The molecule has 0 radical (unpaired) electrons. The lowest BCUT2D eigenvalue weighted by molar-refractivity contribution is 0.0956. The van der Waals surface area contributed by atoms with Crippen LogP contribution in [0, 0.1) is 5.92 Å². The number of rotatable bonds is 6. The summed E-state index contributed by atoms with van der Waals surface area (Å²) >= 11 is 0. The van der Waals surface area contributed by atoms with Gasteiger partial charge in [-0.05, 0) is 50.6 Å². The Labute approximate surface area is 126 Å². The Balaban J connectivity index is 1.96. The van der Waals surface area contributed by atoms with Gasteiger partial charge in [0.05, 0.1) is 11.4 Å².